The number of aromatic nitrogens is 2. The summed E-state index contributed by atoms with van der Waals surface area (Å²) >= 11 is 25.0. The quantitative estimate of drug-likeness (QED) is 0.154. The molecule has 4 aromatic rings. The van der Waals surface area contributed by atoms with E-state index in [0.29, 0.717) is 39.5 Å². The molecule has 0 saturated carbocycles. The molecule has 3 aromatic carbocycles. The molecule has 0 saturated heterocycles. The summed E-state index contributed by atoms with van der Waals surface area (Å²) in [6, 6.07) is 21.3. The second-order valence-corrected chi connectivity index (χ2v) is 11.6. The molecule has 4 rings (SSSR count). The minimum atomic E-state index is -3.92. The highest BCUT2D eigenvalue weighted by Gasteiger charge is 2.20. The summed E-state index contributed by atoms with van der Waals surface area (Å²) in [6.45, 7) is 1.81. The predicted octanol–water partition coefficient (Wildman–Crippen LogP) is 6.75. The van der Waals surface area contributed by atoms with Crippen molar-refractivity contribution < 1.29 is 22.3 Å². The van der Waals surface area contributed by atoms with Gasteiger partial charge in [0.05, 0.1) is 23.3 Å². The minimum absolute atomic E-state index is 0.295. The highest BCUT2D eigenvalue weighted by atomic mass is 35.5. The standard InChI is InChI=1S/C26H23Cl4N2O.CH4O3S/c27-21-7-6-20(24(29)14-21)17-33-26(23-9-8-22(28)15-25(23)30)16-32-13-12-31(18-32)11-10-19-4-2-1-3-5-19;1-5(2,3)4/h1-9,12-15,18,26H,10-11,16-17H2;1H3,(H,2,3,4)/q+1;/p-1. The largest absolute Gasteiger partial charge is 0.748 e. The van der Waals surface area contributed by atoms with Gasteiger partial charge in [0.1, 0.15) is 25.0 Å². The molecule has 0 N–H and O–H groups in total. The lowest BCUT2D eigenvalue weighted by Crippen LogP contribution is -2.35. The van der Waals surface area contributed by atoms with Gasteiger partial charge in [-0.2, -0.15) is 0 Å². The normalized spacial score (nSPS) is 12.1. The van der Waals surface area contributed by atoms with Crippen LogP contribution in [0.1, 0.15) is 22.8 Å². The van der Waals surface area contributed by atoms with E-state index in [4.69, 9.17) is 64.1 Å². The third kappa shape index (κ3) is 10.6. The van der Waals surface area contributed by atoms with Crippen LogP contribution in [0.2, 0.25) is 20.1 Å². The number of nitrogens with zero attached hydrogens (tertiary/aromatic N) is 2. The first-order valence-electron chi connectivity index (χ1n) is 11.5. The fourth-order valence-electron chi connectivity index (χ4n) is 3.61. The van der Waals surface area contributed by atoms with E-state index in [1.165, 1.54) is 5.56 Å². The Morgan fingerprint density at radius 3 is 2.21 bits per heavy atom. The first kappa shape index (κ1) is 30.4. The molecule has 0 aliphatic rings. The maximum absolute atomic E-state index is 9.08. The Morgan fingerprint density at radius 1 is 0.947 bits per heavy atom. The minimum Gasteiger partial charge on any atom is -0.748 e. The maximum atomic E-state index is 9.08. The number of rotatable bonds is 9. The fourth-order valence-corrected chi connectivity index (χ4v) is 4.60. The van der Waals surface area contributed by atoms with Gasteiger partial charge >= 0.3 is 0 Å². The van der Waals surface area contributed by atoms with Crippen molar-refractivity contribution in [1.82, 2.24) is 4.57 Å². The van der Waals surface area contributed by atoms with Gasteiger partial charge in [-0.15, -0.1) is 0 Å². The van der Waals surface area contributed by atoms with Crippen LogP contribution in [0.25, 0.3) is 0 Å². The van der Waals surface area contributed by atoms with Crippen molar-refractivity contribution in [3.8, 4) is 0 Å². The van der Waals surface area contributed by atoms with Crippen molar-refractivity contribution in [2.24, 2.45) is 0 Å². The van der Waals surface area contributed by atoms with E-state index in [-0.39, 0.29) is 6.10 Å². The van der Waals surface area contributed by atoms with Crippen LogP contribution in [0.4, 0.5) is 0 Å². The maximum Gasteiger partial charge on any atom is 0.243 e. The molecule has 0 aliphatic carbocycles. The molecule has 0 bridgehead atoms. The topological polar surface area (TPSA) is 75.2 Å². The first-order valence-corrected chi connectivity index (χ1v) is 14.8. The van der Waals surface area contributed by atoms with Crippen molar-refractivity contribution in [2.45, 2.75) is 32.2 Å². The zero-order chi connectivity index (χ0) is 27.7. The Morgan fingerprint density at radius 2 is 1.58 bits per heavy atom. The summed E-state index contributed by atoms with van der Waals surface area (Å²) in [5, 5.41) is 2.32. The number of ether oxygens (including phenoxy) is 1. The second kappa shape index (κ2) is 14.3. The average molecular weight is 616 g/mol. The summed E-state index contributed by atoms with van der Waals surface area (Å²) in [4.78, 5) is 0. The van der Waals surface area contributed by atoms with E-state index in [9.17, 15) is 0 Å². The van der Waals surface area contributed by atoms with Crippen LogP contribution in [0.3, 0.4) is 0 Å². The summed E-state index contributed by atoms with van der Waals surface area (Å²) < 4.78 is 37.8. The van der Waals surface area contributed by atoms with E-state index in [1.807, 2.05) is 30.5 Å². The molecule has 0 amide bonds. The van der Waals surface area contributed by atoms with E-state index in [2.05, 4.69) is 45.9 Å². The molecule has 11 heteroatoms. The Kier molecular flexibility index (Phi) is 11.5. The van der Waals surface area contributed by atoms with Crippen LogP contribution in [0.5, 0.6) is 0 Å². The second-order valence-electron chi connectivity index (χ2n) is 8.49. The molecule has 0 aliphatic heterocycles. The summed E-state index contributed by atoms with van der Waals surface area (Å²) in [5.74, 6) is 0. The van der Waals surface area contributed by atoms with Crippen LogP contribution < -0.4 is 4.57 Å². The number of benzene rings is 3. The van der Waals surface area contributed by atoms with Gasteiger partial charge in [0, 0.05) is 38.3 Å². The smallest absolute Gasteiger partial charge is 0.243 e. The molecule has 1 unspecified atom stereocenters. The fraction of sp³-hybridized carbons (Fsp3) is 0.222. The molecule has 1 atom stereocenters. The lowest BCUT2D eigenvalue weighted by atomic mass is 10.1. The van der Waals surface area contributed by atoms with Crippen LogP contribution in [-0.2, 0) is 41.0 Å². The Balaban J connectivity index is 0.000000732. The van der Waals surface area contributed by atoms with Gasteiger partial charge in [0.2, 0.25) is 6.33 Å². The molecule has 6 nitrogen and oxygen atoms in total. The summed E-state index contributed by atoms with van der Waals surface area (Å²) in [6.07, 6.45) is 7.47. The molecule has 1 heterocycles. The lowest BCUT2D eigenvalue weighted by molar-refractivity contribution is -0.704. The molecule has 38 heavy (non-hydrogen) atoms. The van der Waals surface area contributed by atoms with Crippen LogP contribution >= 0.6 is 46.4 Å². The van der Waals surface area contributed by atoms with Crippen LogP contribution in [-0.4, -0.2) is 23.8 Å². The third-order valence-corrected chi connectivity index (χ3v) is 6.54. The predicted molar refractivity (Wildman–Crippen MR) is 151 cm³/mol. The van der Waals surface area contributed by atoms with Gasteiger partial charge in [0.25, 0.3) is 0 Å². The number of aryl methyl sites for hydroxylation is 2. The summed E-state index contributed by atoms with van der Waals surface area (Å²) in [5.41, 5.74) is 3.05. The van der Waals surface area contributed by atoms with E-state index in [0.717, 1.165) is 24.1 Å². The Hall–Kier alpha value is -2.10. The third-order valence-electron chi connectivity index (χ3n) is 5.39. The van der Waals surface area contributed by atoms with Crippen molar-refractivity contribution in [3.05, 3.63) is 122 Å². The van der Waals surface area contributed by atoms with Gasteiger partial charge in [-0.05, 0) is 35.4 Å². The zero-order valence-corrected chi connectivity index (χ0v) is 24.3. The van der Waals surface area contributed by atoms with Crippen molar-refractivity contribution in [2.75, 3.05) is 6.26 Å². The van der Waals surface area contributed by atoms with Gasteiger partial charge in [0.15, 0.2) is 0 Å². The highest BCUT2D eigenvalue weighted by Crippen LogP contribution is 2.30. The molecular weight excluding hydrogens is 590 g/mol. The van der Waals surface area contributed by atoms with Gasteiger partial charge in [-0.3, -0.25) is 0 Å². The van der Waals surface area contributed by atoms with E-state index in [1.54, 1.807) is 18.2 Å². The molecule has 0 spiro atoms. The molecule has 1 aromatic heterocycles. The van der Waals surface area contributed by atoms with E-state index < -0.39 is 10.1 Å². The van der Waals surface area contributed by atoms with Crippen molar-refractivity contribution in [1.29, 1.82) is 0 Å². The Bertz CT molecular complexity index is 1440. The number of hydrogen-bond donors (Lipinski definition) is 0. The monoisotopic (exact) mass is 614 g/mol. The van der Waals surface area contributed by atoms with Gasteiger partial charge < -0.3 is 9.29 Å². The van der Waals surface area contributed by atoms with Crippen LogP contribution in [0.15, 0.2) is 85.5 Å². The highest BCUT2D eigenvalue weighted by molar-refractivity contribution is 7.84. The van der Waals surface area contributed by atoms with E-state index >= 15 is 0 Å². The lowest BCUT2D eigenvalue weighted by Gasteiger charge is -2.19. The SMILES string of the molecule is CS(=O)(=O)[O-].Clc1ccc(COC(C[n+]2ccn(CCc3ccccc3)c2)c2ccc(Cl)cc2Cl)c(Cl)c1. The molecule has 0 radical (unpaired) electrons. The molecular formula is C27H26Cl4N2O4S. The Labute approximate surface area is 243 Å². The number of halogens is 4. The zero-order valence-electron chi connectivity index (χ0n) is 20.4. The van der Waals surface area contributed by atoms with Crippen LogP contribution in [0, 0.1) is 0 Å². The van der Waals surface area contributed by atoms with Gasteiger partial charge in [-0.25, -0.2) is 17.6 Å². The van der Waals surface area contributed by atoms with Crippen molar-refractivity contribution in [3.63, 3.8) is 0 Å². The average Bonchev–Trinajstić information content (AvgIpc) is 3.28. The number of hydrogen-bond acceptors (Lipinski definition) is 4. The molecule has 202 valence electrons. The molecule has 0 fully saturated rings. The number of imidazole rings is 1. The van der Waals surface area contributed by atoms with Gasteiger partial charge in [-0.1, -0.05) is 88.9 Å². The van der Waals surface area contributed by atoms with Crippen molar-refractivity contribution >= 4 is 56.5 Å². The first-order chi connectivity index (χ1) is 18.0. The summed E-state index contributed by atoms with van der Waals surface area (Å²) in [7, 11) is -3.92.